The zero-order chi connectivity index (χ0) is 19.9. The Labute approximate surface area is 163 Å². The number of aryl methyl sites for hydroxylation is 2. The van der Waals surface area contributed by atoms with Gasteiger partial charge in [0.25, 0.3) is 0 Å². The predicted molar refractivity (Wildman–Crippen MR) is 107 cm³/mol. The minimum atomic E-state index is -3.18. The summed E-state index contributed by atoms with van der Waals surface area (Å²) < 4.78 is 31.8. The first-order valence-corrected chi connectivity index (χ1v) is 11.4. The number of piperazine rings is 1. The fraction of sp³-hybridized carbons (Fsp3) is 0.650. The lowest BCUT2D eigenvalue weighted by Gasteiger charge is -2.34. The molecule has 1 saturated heterocycles. The number of amides is 1. The summed E-state index contributed by atoms with van der Waals surface area (Å²) >= 11 is 0. The van der Waals surface area contributed by atoms with E-state index in [9.17, 15) is 13.2 Å². The number of unbranched alkanes of at least 4 members (excludes halogenated alkanes) is 1. The van der Waals surface area contributed by atoms with Crippen LogP contribution in [0.2, 0.25) is 0 Å². The third-order valence-corrected chi connectivity index (χ3v) is 6.89. The molecule has 0 radical (unpaired) electrons. The van der Waals surface area contributed by atoms with Crippen molar-refractivity contribution in [2.45, 2.75) is 46.5 Å². The van der Waals surface area contributed by atoms with Crippen LogP contribution in [0.3, 0.4) is 0 Å². The summed E-state index contributed by atoms with van der Waals surface area (Å²) in [6.07, 6.45) is 2.62. The summed E-state index contributed by atoms with van der Waals surface area (Å²) in [4.78, 5) is 14.1. The Morgan fingerprint density at radius 2 is 1.70 bits per heavy atom. The Kier molecular flexibility index (Phi) is 8.10. The van der Waals surface area contributed by atoms with E-state index in [0.717, 1.165) is 23.3 Å². The molecule has 0 saturated carbocycles. The number of hydrogen-bond donors (Lipinski definition) is 0. The summed E-state index contributed by atoms with van der Waals surface area (Å²) in [5, 5.41) is 0. The molecule has 7 heteroatoms. The van der Waals surface area contributed by atoms with Crippen LogP contribution in [-0.2, 0) is 14.8 Å². The molecule has 1 amide bonds. The van der Waals surface area contributed by atoms with E-state index < -0.39 is 10.0 Å². The molecule has 0 unspecified atom stereocenters. The van der Waals surface area contributed by atoms with Crippen molar-refractivity contribution in [1.29, 1.82) is 0 Å². The van der Waals surface area contributed by atoms with Gasteiger partial charge in [-0.1, -0.05) is 31.5 Å². The molecule has 0 aliphatic carbocycles. The molecular formula is C20H32N2O4S. The molecule has 152 valence electrons. The van der Waals surface area contributed by atoms with Gasteiger partial charge in [0.1, 0.15) is 5.75 Å². The number of rotatable bonds is 9. The Bertz CT molecular complexity index is 705. The van der Waals surface area contributed by atoms with E-state index in [1.165, 1.54) is 4.31 Å². The molecule has 2 rings (SSSR count). The molecule has 0 aromatic heterocycles. The van der Waals surface area contributed by atoms with Gasteiger partial charge < -0.3 is 9.64 Å². The Morgan fingerprint density at radius 1 is 1.07 bits per heavy atom. The van der Waals surface area contributed by atoms with Crippen molar-refractivity contribution < 1.29 is 17.9 Å². The van der Waals surface area contributed by atoms with E-state index in [2.05, 4.69) is 0 Å². The molecule has 0 N–H and O–H groups in total. The number of para-hydroxylation sites is 1. The molecule has 1 aliphatic rings. The highest BCUT2D eigenvalue weighted by molar-refractivity contribution is 7.89. The number of ether oxygens (including phenoxy) is 1. The van der Waals surface area contributed by atoms with Crippen LogP contribution in [-0.4, -0.2) is 62.1 Å². The van der Waals surface area contributed by atoms with Gasteiger partial charge in [-0.15, -0.1) is 0 Å². The van der Waals surface area contributed by atoms with Crippen molar-refractivity contribution in [1.82, 2.24) is 9.21 Å². The van der Waals surface area contributed by atoms with Crippen molar-refractivity contribution in [3.05, 3.63) is 29.3 Å². The summed E-state index contributed by atoms with van der Waals surface area (Å²) in [5.41, 5.74) is 2.20. The van der Waals surface area contributed by atoms with E-state index in [1.54, 1.807) is 4.90 Å². The zero-order valence-electron chi connectivity index (χ0n) is 16.7. The van der Waals surface area contributed by atoms with Gasteiger partial charge in [-0.3, -0.25) is 4.79 Å². The zero-order valence-corrected chi connectivity index (χ0v) is 17.6. The van der Waals surface area contributed by atoms with Crippen LogP contribution in [0, 0.1) is 13.8 Å². The minimum Gasteiger partial charge on any atom is -0.493 e. The topological polar surface area (TPSA) is 66.9 Å². The van der Waals surface area contributed by atoms with Crippen molar-refractivity contribution in [2.24, 2.45) is 0 Å². The highest BCUT2D eigenvalue weighted by atomic mass is 32.2. The third-order valence-electron chi connectivity index (χ3n) is 4.93. The van der Waals surface area contributed by atoms with E-state index >= 15 is 0 Å². The molecule has 6 nitrogen and oxygen atoms in total. The summed E-state index contributed by atoms with van der Waals surface area (Å²) in [5.74, 6) is 1.18. The van der Waals surface area contributed by atoms with E-state index in [1.807, 2.05) is 39.0 Å². The lowest BCUT2D eigenvalue weighted by molar-refractivity contribution is -0.132. The van der Waals surface area contributed by atoms with Gasteiger partial charge in [0, 0.05) is 32.6 Å². The second kappa shape index (κ2) is 10.1. The standard InChI is InChI=1S/C20H32N2O4S/c1-4-5-16-27(24,25)22-13-11-21(12-14-22)19(23)10-7-15-26-20-17(2)8-6-9-18(20)3/h6,8-9H,4-5,7,10-16H2,1-3H3. The molecule has 1 heterocycles. The van der Waals surface area contributed by atoms with Gasteiger partial charge in [0.05, 0.1) is 12.4 Å². The SMILES string of the molecule is CCCCS(=O)(=O)N1CCN(C(=O)CCCOc2c(C)cccc2C)CC1. The maximum atomic E-state index is 12.4. The third kappa shape index (κ3) is 6.21. The maximum Gasteiger partial charge on any atom is 0.222 e. The molecular weight excluding hydrogens is 364 g/mol. The highest BCUT2D eigenvalue weighted by Crippen LogP contribution is 2.22. The average molecular weight is 397 g/mol. The minimum absolute atomic E-state index is 0.0747. The molecule has 1 aromatic carbocycles. The number of sulfonamides is 1. The number of hydrogen-bond acceptors (Lipinski definition) is 4. The first kappa shape index (κ1) is 21.7. The lowest BCUT2D eigenvalue weighted by Crippen LogP contribution is -2.51. The van der Waals surface area contributed by atoms with Crippen LogP contribution in [0.4, 0.5) is 0 Å². The first-order chi connectivity index (χ1) is 12.8. The fourth-order valence-electron chi connectivity index (χ4n) is 3.25. The normalized spacial score (nSPS) is 15.7. The smallest absolute Gasteiger partial charge is 0.222 e. The summed E-state index contributed by atoms with van der Waals surface area (Å²) in [7, 11) is -3.18. The number of benzene rings is 1. The van der Waals surface area contributed by atoms with Crippen LogP contribution in [0.1, 0.15) is 43.7 Å². The van der Waals surface area contributed by atoms with Gasteiger partial charge in [-0.05, 0) is 37.8 Å². The predicted octanol–water partition coefficient (Wildman–Crippen LogP) is 2.74. The summed E-state index contributed by atoms with van der Waals surface area (Å²) in [6, 6.07) is 6.03. The second-order valence-electron chi connectivity index (χ2n) is 7.12. The number of carbonyl (C=O) groups is 1. The van der Waals surface area contributed by atoms with Crippen LogP contribution in [0.15, 0.2) is 18.2 Å². The largest absolute Gasteiger partial charge is 0.493 e. The van der Waals surface area contributed by atoms with E-state index in [0.29, 0.717) is 52.0 Å². The molecule has 1 fully saturated rings. The van der Waals surface area contributed by atoms with Crippen molar-refractivity contribution in [3.8, 4) is 5.75 Å². The van der Waals surface area contributed by atoms with Crippen molar-refractivity contribution in [2.75, 3.05) is 38.5 Å². The van der Waals surface area contributed by atoms with Gasteiger partial charge in [-0.25, -0.2) is 8.42 Å². The monoisotopic (exact) mass is 396 g/mol. The van der Waals surface area contributed by atoms with Gasteiger partial charge in [0.15, 0.2) is 0 Å². The van der Waals surface area contributed by atoms with Gasteiger partial charge >= 0.3 is 0 Å². The lowest BCUT2D eigenvalue weighted by atomic mass is 10.1. The van der Waals surface area contributed by atoms with Crippen LogP contribution < -0.4 is 4.74 Å². The summed E-state index contributed by atoms with van der Waals surface area (Å²) in [6.45, 7) is 8.26. The molecule has 1 aromatic rings. The Balaban J connectivity index is 1.72. The van der Waals surface area contributed by atoms with E-state index in [-0.39, 0.29) is 11.7 Å². The first-order valence-electron chi connectivity index (χ1n) is 9.79. The highest BCUT2D eigenvalue weighted by Gasteiger charge is 2.28. The molecule has 0 atom stereocenters. The van der Waals surface area contributed by atoms with Gasteiger partial charge in [-0.2, -0.15) is 4.31 Å². The number of carbonyl (C=O) groups excluding carboxylic acids is 1. The maximum absolute atomic E-state index is 12.4. The quantitative estimate of drug-likeness (QED) is 0.602. The van der Waals surface area contributed by atoms with E-state index in [4.69, 9.17) is 4.74 Å². The van der Waals surface area contributed by atoms with Crippen LogP contribution in [0.5, 0.6) is 5.75 Å². The van der Waals surface area contributed by atoms with Crippen molar-refractivity contribution in [3.63, 3.8) is 0 Å². The fourth-order valence-corrected chi connectivity index (χ4v) is 4.89. The second-order valence-corrected chi connectivity index (χ2v) is 9.21. The van der Waals surface area contributed by atoms with Crippen LogP contribution >= 0.6 is 0 Å². The molecule has 1 aliphatic heterocycles. The number of nitrogens with zero attached hydrogens (tertiary/aromatic N) is 2. The van der Waals surface area contributed by atoms with Crippen LogP contribution in [0.25, 0.3) is 0 Å². The van der Waals surface area contributed by atoms with Gasteiger partial charge in [0.2, 0.25) is 15.9 Å². The Hall–Kier alpha value is -1.60. The molecule has 27 heavy (non-hydrogen) atoms. The Morgan fingerprint density at radius 3 is 2.30 bits per heavy atom. The molecule has 0 bridgehead atoms. The average Bonchev–Trinajstić information content (AvgIpc) is 2.65. The van der Waals surface area contributed by atoms with Crippen molar-refractivity contribution >= 4 is 15.9 Å². The molecule has 0 spiro atoms.